The Morgan fingerprint density at radius 1 is 1.44 bits per heavy atom. The standard InChI is InChI=1S/C14H17NO/c1-2-3-9-16-14-6-4-5-12(10-14)11-15-13-7-8-13/h4-6,10,13,15H,7-9,11H2,1H3. The zero-order valence-electron chi connectivity index (χ0n) is 9.62. The van der Waals surface area contributed by atoms with Crippen LogP contribution in [0.4, 0.5) is 0 Å². The average Bonchev–Trinajstić information content (AvgIpc) is 3.11. The molecule has 1 fully saturated rings. The van der Waals surface area contributed by atoms with E-state index in [1.54, 1.807) is 0 Å². The van der Waals surface area contributed by atoms with E-state index in [1.165, 1.54) is 18.4 Å². The van der Waals surface area contributed by atoms with Gasteiger partial charge in [-0.1, -0.05) is 18.1 Å². The predicted molar refractivity (Wildman–Crippen MR) is 65.2 cm³/mol. The van der Waals surface area contributed by atoms with E-state index in [1.807, 2.05) is 19.1 Å². The molecule has 1 aromatic carbocycles. The van der Waals surface area contributed by atoms with Gasteiger partial charge in [0.25, 0.3) is 0 Å². The van der Waals surface area contributed by atoms with Crippen LogP contribution in [0.1, 0.15) is 25.3 Å². The molecule has 1 saturated carbocycles. The summed E-state index contributed by atoms with van der Waals surface area (Å²) in [6, 6.07) is 8.94. The first-order valence-corrected chi connectivity index (χ1v) is 5.73. The van der Waals surface area contributed by atoms with Gasteiger partial charge in [0.1, 0.15) is 12.4 Å². The van der Waals surface area contributed by atoms with Crippen molar-refractivity contribution in [2.24, 2.45) is 0 Å². The van der Waals surface area contributed by atoms with Gasteiger partial charge < -0.3 is 10.1 Å². The number of benzene rings is 1. The van der Waals surface area contributed by atoms with E-state index < -0.39 is 0 Å². The lowest BCUT2D eigenvalue weighted by atomic mass is 10.2. The largest absolute Gasteiger partial charge is 0.481 e. The molecule has 0 radical (unpaired) electrons. The maximum absolute atomic E-state index is 5.51. The van der Waals surface area contributed by atoms with E-state index in [9.17, 15) is 0 Å². The molecule has 0 unspecified atom stereocenters. The molecule has 0 heterocycles. The van der Waals surface area contributed by atoms with Gasteiger partial charge in [0.2, 0.25) is 0 Å². The molecule has 1 N–H and O–H groups in total. The van der Waals surface area contributed by atoms with Gasteiger partial charge in [-0.3, -0.25) is 0 Å². The fourth-order valence-electron chi connectivity index (χ4n) is 1.49. The minimum Gasteiger partial charge on any atom is -0.481 e. The van der Waals surface area contributed by atoms with Crippen LogP contribution in [-0.4, -0.2) is 12.6 Å². The normalized spacial score (nSPS) is 14.1. The Kier molecular flexibility index (Phi) is 3.85. The maximum atomic E-state index is 5.51. The van der Waals surface area contributed by atoms with Crippen LogP contribution in [0.2, 0.25) is 0 Å². The first-order valence-electron chi connectivity index (χ1n) is 5.73. The molecule has 1 aliphatic carbocycles. The Labute approximate surface area is 97.0 Å². The maximum Gasteiger partial charge on any atom is 0.149 e. The van der Waals surface area contributed by atoms with Crippen molar-refractivity contribution < 1.29 is 4.74 Å². The number of hydrogen-bond acceptors (Lipinski definition) is 2. The lowest BCUT2D eigenvalue weighted by molar-refractivity contribution is 0.369. The molecular formula is C14H17NO. The summed E-state index contributed by atoms with van der Waals surface area (Å²) >= 11 is 0. The molecule has 2 nitrogen and oxygen atoms in total. The van der Waals surface area contributed by atoms with Crippen LogP contribution in [0.25, 0.3) is 0 Å². The summed E-state index contributed by atoms with van der Waals surface area (Å²) < 4.78 is 5.51. The lowest BCUT2D eigenvalue weighted by Crippen LogP contribution is -2.15. The van der Waals surface area contributed by atoms with Crippen molar-refractivity contribution in [1.29, 1.82) is 0 Å². The van der Waals surface area contributed by atoms with Gasteiger partial charge in [-0.2, -0.15) is 0 Å². The molecule has 0 amide bonds. The van der Waals surface area contributed by atoms with E-state index in [0.717, 1.165) is 18.3 Å². The predicted octanol–water partition coefficient (Wildman–Crippen LogP) is 2.34. The highest BCUT2D eigenvalue weighted by molar-refractivity contribution is 5.28. The van der Waals surface area contributed by atoms with Crippen molar-refractivity contribution in [1.82, 2.24) is 5.32 Å². The molecule has 84 valence electrons. The molecule has 0 saturated heterocycles. The highest BCUT2D eigenvalue weighted by Crippen LogP contribution is 2.20. The van der Waals surface area contributed by atoms with Gasteiger partial charge in [-0.25, -0.2) is 0 Å². The third-order valence-corrected chi connectivity index (χ3v) is 2.56. The Morgan fingerprint density at radius 2 is 2.31 bits per heavy atom. The molecule has 1 aromatic rings. The average molecular weight is 215 g/mol. The zero-order chi connectivity index (χ0) is 11.2. The highest BCUT2D eigenvalue weighted by Gasteiger charge is 2.19. The van der Waals surface area contributed by atoms with Crippen LogP contribution in [0.5, 0.6) is 5.75 Å². The molecule has 0 aromatic heterocycles. The smallest absolute Gasteiger partial charge is 0.149 e. The summed E-state index contributed by atoms with van der Waals surface area (Å²) in [4.78, 5) is 0. The van der Waals surface area contributed by atoms with E-state index >= 15 is 0 Å². The fourth-order valence-corrected chi connectivity index (χ4v) is 1.49. The number of rotatable bonds is 5. The minimum absolute atomic E-state index is 0.468. The monoisotopic (exact) mass is 215 g/mol. The van der Waals surface area contributed by atoms with Crippen molar-refractivity contribution in [3.05, 3.63) is 29.8 Å². The van der Waals surface area contributed by atoms with E-state index in [4.69, 9.17) is 4.74 Å². The summed E-state index contributed by atoms with van der Waals surface area (Å²) in [7, 11) is 0. The summed E-state index contributed by atoms with van der Waals surface area (Å²) in [6.07, 6.45) is 2.64. The van der Waals surface area contributed by atoms with Crippen molar-refractivity contribution >= 4 is 0 Å². The number of ether oxygens (including phenoxy) is 1. The van der Waals surface area contributed by atoms with Gasteiger partial charge in [0, 0.05) is 12.6 Å². The fraction of sp³-hybridized carbons (Fsp3) is 0.429. The topological polar surface area (TPSA) is 21.3 Å². The summed E-state index contributed by atoms with van der Waals surface area (Å²) in [5, 5.41) is 3.48. The molecular weight excluding hydrogens is 198 g/mol. The van der Waals surface area contributed by atoms with E-state index in [0.29, 0.717) is 6.61 Å². The van der Waals surface area contributed by atoms with Crippen LogP contribution in [0.3, 0.4) is 0 Å². The van der Waals surface area contributed by atoms with Gasteiger partial charge in [0.05, 0.1) is 0 Å². The first kappa shape index (κ1) is 11.0. The third-order valence-electron chi connectivity index (χ3n) is 2.56. The summed E-state index contributed by atoms with van der Waals surface area (Å²) in [5.74, 6) is 6.60. The van der Waals surface area contributed by atoms with Crippen molar-refractivity contribution in [3.63, 3.8) is 0 Å². The Hall–Kier alpha value is -1.46. The van der Waals surface area contributed by atoms with Gasteiger partial charge >= 0.3 is 0 Å². The van der Waals surface area contributed by atoms with E-state index in [2.05, 4.69) is 29.3 Å². The molecule has 1 aliphatic rings. The Balaban J connectivity index is 1.86. The van der Waals surface area contributed by atoms with Gasteiger partial charge in [-0.05, 0) is 37.5 Å². The Morgan fingerprint density at radius 3 is 3.06 bits per heavy atom. The molecule has 0 atom stereocenters. The second-order valence-electron chi connectivity index (χ2n) is 4.02. The summed E-state index contributed by atoms with van der Waals surface area (Å²) in [6.45, 7) is 3.22. The van der Waals surface area contributed by atoms with Gasteiger partial charge in [-0.15, -0.1) is 5.92 Å². The first-order chi connectivity index (χ1) is 7.88. The molecule has 2 heteroatoms. The number of nitrogens with one attached hydrogen (secondary N) is 1. The molecule has 16 heavy (non-hydrogen) atoms. The van der Waals surface area contributed by atoms with Crippen molar-refractivity contribution in [3.8, 4) is 17.6 Å². The van der Waals surface area contributed by atoms with Crippen LogP contribution in [0, 0.1) is 11.8 Å². The van der Waals surface area contributed by atoms with Crippen molar-refractivity contribution in [2.45, 2.75) is 32.4 Å². The molecule has 2 rings (SSSR count). The zero-order valence-corrected chi connectivity index (χ0v) is 9.62. The van der Waals surface area contributed by atoms with Crippen LogP contribution >= 0.6 is 0 Å². The second kappa shape index (κ2) is 5.58. The van der Waals surface area contributed by atoms with E-state index in [-0.39, 0.29) is 0 Å². The molecule has 0 spiro atoms. The van der Waals surface area contributed by atoms with Crippen LogP contribution in [-0.2, 0) is 6.54 Å². The highest BCUT2D eigenvalue weighted by atomic mass is 16.5. The number of hydrogen-bond donors (Lipinski definition) is 1. The van der Waals surface area contributed by atoms with Gasteiger partial charge in [0.15, 0.2) is 0 Å². The van der Waals surface area contributed by atoms with Crippen LogP contribution in [0.15, 0.2) is 24.3 Å². The van der Waals surface area contributed by atoms with Crippen molar-refractivity contribution in [2.75, 3.05) is 6.61 Å². The minimum atomic E-state index is 0.468. The molecule has 0 bridgehead atoms. The third kappa shape index (κ3) is 3.60. The van der Waals surface area contributed by atoms with Crippen LogP contribution < -0.4 is 10.1 Å². The second-order valence-corrected chi connectivity index (χ2v) is 4.02. The SMILES string of the molecule is CC#CCOc1cccc(CNC2CC2)c1. The lowest BCUT2D eigenvalue weighted by Gasteiger charge is -2.06. The Bertz CT molecular complexity index is 399. The summed E-state index contributed by atoms with van der Waals surface area (Å²) in [5.41, 5.74) is 1.27. The quantitative estimate of drug-likeness (QED) is 0.761. The molecule has 0 aliphatic heterocycles.